The molecular weight excluding hydrogens is 228 g/mol. The predicted molar refractivity (Wildman–Crippen MR) is 63.7 cm³/mol. The monoisotopic (exact) mass is 244 g/mol. The first-order valence-electron chi connectivity index (χ1n) is 5.35. The number of hydrogen-bond donors (Lipinski definition) is 2. The van der Waals surface area contributed by atoms with E-state index < -0.39 is 0 Å². The Morgan fingerprint density at radius 2 is 2.38 bits per heavy atom. The molecule has 4 nitrogen and oxygen atoms in total. The van der Waals surface area contributed by atoms with Crippen molar-refractivity contribution in [1.82, 2.24) is 9.88 Å². The van der Waals surface area contributed by atoms with Gasteiger partial charge in [0, 0.05) is 18.8 Å². The molecule has 0 radical (unpaired) electrons. The van der Waals surface area contributed by atoms with Gasteiger partial charge in [-0.15, -0.1) is 0 Å². The average molecular weight is 245 g/mol. The molecule has 1 heterocycles. The van der Waals surface area contributed by atoms with E-state index in [1.165, 1.54) is 0 Å². The maximum Gasteiger partial charge on any atom is 0.268 e. The summed E-state index contributed by atoms with van der Waals surface area (Å²) in [6, 6.07) is 1.38. The van der Waals surface area contributed by atoms with Crippen molar-refractivity contribution in [2.75, 3.05) is 6.61 Å². The number of aromatic nitrogens is 1. The molecular formula is C11H17ClN2O2. The lowest BCUT2D eigenvalue weighted by Crippen LogP contribution is -2.36. The van der Waals surface area contributed by atoms with Crippen molar-refractivity contribution in [2.24, 2.45) is 0 Å². The van der Waals surface area contributed by atoms with Crippen LogP contribution in [0.1, 0.15) is 30.8 Å². The highest BCUT2D eigenvalue weighted by atomic mass is 35.5. The van der Waals surface area contributed by atoms with Crippen LogP contribution in [0.25, 0.3) is 0 Å². The minimum atomic E-state index is -0.253. The van der Waals surface area contributed by atoms with E-state index in [9.17, 15) is 4.79 Å². The molecule has 0 aromatic carbocycles. The number of nitrogens with zero attached hydrogens (tertiary/aromatic N) is 1. The van der Waals surface area contributed by atoms with Crippen molar-refractivity contribution in [2.45, 2.75) is 32.9 Å². The van der Waals surface area contributed by atoms with E-state index >= 15 is 0 Å². The number of aliphatic hydroxyl groups is 1. The minimum Gasteiger partial charge on any atom is -0.394 e. The van der Waals surface area contributed by atoms with Crippen LogP contribution in [0.15, 0.2) is 12.3 Å². The van der Waals surface area contributed by atoms with E-state index in [1.807, 2.05) is 11.5 Å². The Labute approximate surface area is 100 Å². The number of hydrogen-bond acceptors (Lipinski definition) is 2. The third-order valence-corrected chi connectivity index (χ3v) is 2.42. The number of carbonyl (C=O) groups is 1. The van der Waals surface area contributed by atoms with E-state index in [2.05, 4.69) is 5.32 Å². The molecule has 1 aromatic rings. The highest BCUT2D eigenvalue weighted by Gasteiger charge is 2.14. The van der Waals surface area contributed by atoms with Gasteiger partial charge in [0.15, 0.2) is 0 Å². The molecule has 1 amide bonds. The second-order valence-corrected chi connectivity index (χ2v) is 4.23. The van der Waals surface area contributed by atoms with Crippen LogP contribution >= 0.6 is 11.6 Å². The lowest BCUT2D eigenvalue weighted by atomic mass is 10.3. The van der Waals surface area contributed by atoms with E-state index in [1.54, 1.807) is 19.2 Å². The molecule has 0 bridgehead atoms. The fourth-order valence-corrected chi connectivity index (χ4v) is 1.66. The molecule has 0 spiro atoms. The van der Waals surface area contributed by atoms with E-state index in [4.69, 9.17) is 16.7 Å². The van der Waals surface area contributed by atoms with Gasteiger partial charge in [0.1, 0.15) is 5.69 Å². The van der Waals surface area contributed by atoms with Crippen LogP contribution < -0.4 is 5.32 Å². The first-order chi connectivity index (χ1) is 7.58. The van der Waals surface area contributed by atoms with Gasteiger partial charge in [0.05, 0.1) is 11.6 Å². The van der Waals surface area contributed by atoms with Gasteiger partial charge < -0.3 is 15.0 Å². The molecule has 0 saturated carbocycles. The maximum absolute atomic E-state index is 11.8. The van der Waals surface area contributed by atoms with Crippen LogP contribution in [0.3, 0.4) is 0 Å². The number of aryl methyl sites for hydroxylation is 1. The zero-order valence-corrected chi connectivity index (χ0v) is 10.3. The van der Waals surface area contributed by atoms with Crippen molar-refractivity contribution in [3.63, 3.8) is 0 Å². The molecule has 1 aromatic heterocycles. The van der Waals surface area contributed by atoms with Gasteiger partial charge in [-0.1, -0.05) is 18.5 Å². The van der Waals surface area contributed by atoms with Gasteiger partial charge >= 0.3 is 0 Å². The molecule has 2 N–H and O–H groups in total. The van der Waals surface area contributed by atoms with Crippen LogP contribution in [0.5, 0.6) is 0 Å². The third-order valence-electron chi connectivity index (χ3n) is 2.21. The van der Waals surface area contributed by atoms with Gasteiger partial charge in [-0.3, -0.25) is 4.79 Å². The SMILES string of the molecule is CCCn1cc(Cl)cc1C(=O)N[C@H](C)CO. The van der Waals surface area contributed by atoms with Gasteiger partial charge in [0.2, 0.25) is 0 Å². The topological polar surface area (TPSA) is 54.3 Å². The highest BCUT2D eigenvalue weighted by molar-refractivity contribution is 6.31. The van der Waals surface area contributed by atoms with E-state index in [0.29, 0.717) is 10.7 Å². The summed E-state index contributed by atoms with van der Waals surface area (Å²) in [5.74, 6) is -0.207. The summed E-state index contributed by atoms with van der Waals surface area (Å²) >= 11 is 5.87. The van der Waals surface area contributed by atoms with E-state index in [-0.39, 0.29) is 18.6 Å². The van der Waals surface area contributed by atoms with Gasteiger partial charge in [-0.2, -0.15) is 0 Å². The number of nitrogens with one attached hydrogen (secondary N) is 1. The van der Waals surface area contributed by atoms with Gasteiger partial charge in [-0.25, -0.2) is 0 Å². The summed E-state index contributed by atoms with van der Waals surface area (Å²) in [5, 5.41) is 12.1. The van der Waals surface area contributed by atoms with Crippen molar-refractivity contribution >= 4 is 17.5 Å². The predicted octanol–water partition coefficient (Wildman–Crippen LogP) is 1.66. The van der Waals surface area contributed by atoms with Crippen molar-refractivity contribution < 1.29 is 9.90 Å². The van der Waals surface area contributed by atoms with E-state index in [0.717, 1.165) is 13.0 Å². The van der Waals surface area contributed by atoms with Crippen LogP contribution in [0, 0.1) is 0 Å². The summed E-state index contributed by atoms with van der Waals surface area (Å²) in [6.07, 6.45) is 2.67. The van der Waals surface area contributed by atoms with Crippen LogP contribution in [0.2, 0.25) is 5.02 Å². The van der Waals surface area contributed by atoms with Crippen LogP contribution in [-0.4, -0.2) is 28.2 Å². The second-order valence-electron chi connectivity index (χ2n) is 3.79. The smallest absolute Gasteiger partial charge is 0.268 e. The normalized spacial score (nSPS) is 12.5. The Morgan fingerprint density at radius 3 is 2.94 bits per heavy atom. The summed E-state index contributed by atoms with van der Waals surface area (Å²) in [6.45, 7) is 4.45. The second kappa shape index (κ2) is 5.92. The molecule has 0 aliphatic heterocycles. The van der Waals surface area contributed by atoms with Crippen molar-refractivity contribution in [1.29, 1.82) is 0 Å². The lowest BCUT2D eigenvalue weighted by molar-refractivity contribution is 0.0913. The molecule has 5 heteroatoms. The fraction of sp³-hybridized carbons (Fsp3) is 0.545. The molecule has 0 aliphatic rings. The first kappa shape index (κ1) is 13.1. The number of rotatable bonds is 5. The molecule has 0 fully saturated rings. The van der Waals surface area contributed by atoms with Crippen molar-refractivity contribution in [3.05, 3.63) is 23.0 Å². The van der Waals surface area contributed by atoms with Gasteiger partial charge in [0.25, 0.3) is 5.91 Å². The molecule has 1 atom stereocenters. The summed E-state index contributed by atoms with van der Waals surface area (Å²) < 4.78 is 1.82. The fourth-order valence-electron chi connectivity index (χ4n) is 1.43. The number of halogens is 1. The number of carbonyl (C=O) groups excluding carboxylic acids is 1. The Balaban J connectivity index is 2.81. The molecule has 16 heavy (non-hydrogen) atoms. The van der Waals surface area contributed by atoms with Gasteiger partial charge in [-0.05, 0) is 19.4 Å². The first-order valence-corrected chi connectivity index (χ1v) is 5.73. The standard InChI is InChI=1S/C11H17ClN2O2/c1-3-4-14-6-9(12)5-10(14)11(16)13-8(2)7-15/h5-6,8,15H,3-4,7H2,1-2H3,(H,13,16)/t8-/m1/s1. The molecule has 1 rings (SSSR count). The molecule has 0 saturated heterocycles. The summed E-state index contributed by atoms with van der Waals surface area (Å²) in [5.41, 5.74) is 0.534. The zero-order chi connectivity index (χ0) is 12.1. The number of aliphatic hydroxyl groups excluding tert-OH is 1. The third kappa shape index (κ3) is 3.25. The average Bonchev–Trinajstić information content (AvgIpc) is 2.60. The maximum atomic E-state index is 11.8. The molecule has 0 unspecified atom stereocenters. The van der Waals surface area contributed by atoms with Crippen molar-refractivity contribution in [3.8, 4) is 0 Å². The summed E-state index contributed by atoms with van der Waals surface area (Å²) in [4.78, 5) is 11.8. The Bertz CT molecular complexity index is 363. The quantitative estimate of drug-likeness (QED) is 0.828. The lowest BCUT2D eigenvalue weighted by Gasteiger charge is -2.12. The Hall–Kier alpha value is -1.00. The molecule has 90 valence electrons. The van der Waals surface area contributed by atoms with Crippen LogP contribution in [0.4, 0.5) is 0 Å². The Kier molecular flexibility index (Phi) is 4.83. The van der Waals surface area contributed by atoms with Crippen LogP contribution in [-0.2, 0) is 6.54 Å². The molecule has 0 aliphatic carbocycles. The zero-order valence-electron chi connectivity index (χ0n) is 9.53. The highest BCUT2D eigenvalue weighted by Crippen LogP contribution is 2.14. The summed E-state index contributed by atoms with van der Waals surface area (Å²) in [7, 11) is 0. The largest absolute Gasteiger partial charge is 0.394 e. The minimum absolute atomic E-state index is 0.0754. The Morgan fingerprint density at radius 1 is 1.69 bits per heavy atom. The number of amides is 1.